The molecule has 1 aliphatic heterocycles. The van der Waals surface area contributed by atoms with Crippen molar-refractivity contribution in [2.75, 3.05) is 23.5 Å². The summed E-state index contributed by atoms with van der Waals surface area (Å²) >= 11 is 1.63. The number of hydrogen-bond acceptors (Lipinski definition) is 3. The summed E-state index contributed by atoms with van der Waals surface area (Å²) in [4.78, 5) is 13.8. The van der Waals surface area contributed by atoms with E-state index in [9.17, 15) is 9.90 Å². The zero-order chi connectivity index (χ0) is 12.5. The number of amides is 1. The van der Waals surface area contributed by atoms with Crippen molar-refractivity contribution < 1.29 is 9.90 Å². The lowest BCUT2D eigenvalue weighted by molar-refractivity contribution is -0.134. The molecule has 2 rings (SSSR count). The molecule has 0 spiro atoms. The monoisotopic (exact) mass is 251 g/mol. The van der Waals surface area contributed by atoms with Crippen LogP contribution in [0.4, 0.5) is 5.69 Å². The van der Waals surface area contributed by atoms with Crippen LogP contribution >= 0.6 is 11.8 Å². The Kier molecular flexibility index (Phi) is 3.45. The molecule has 1 fully saturated rings. The molecule has 3 nitrogen and oxygen atoms in total. The van der Waals surface area contributed by atoms with E-state index in [0.29, 0.717) is 12.2 Å². The van der Waals surface area contributed by atoms with Crippen molar-refractivity contribution in [2.24, 2.45) is 0 Å². The second-order valence-electron chi connectivity index (χ2n) is 4.54. The molecular formula is C13H17NO2S. The van der Waals surface area contributed by atoms with Crippen LogP contribution in [0.5, 0.6) is 0 Å². The predicted octanol–water partition coefficient (Wildman–Crippen LogP) is 1.83. The van der Waals surface area contributed by atoms with Gasteiger partial charge in [0, 0.05) is 18.5 Å². The van der Waals surface area contributed by atoms with Gasteiger partial charge in [-0.15, -0.1) is 0 Å². The van der Waals surface area contributed by atoms with Crippen LogP contribution in [0.2, 0.25) is 0 Å². The zero-order valence-electron chi connectivity index (χ0n) is 10.1. The van der Waals surface area contributed by atoms with Gasteiger partial charge in [-0.25, -0.2) is 0 Å². The minimum Gasteiger partial charge on any atom is -0.379 e. The summed E-state index contributed by atoms with van der Waals surface area (Å²) in [6.45, 7) is 1.99. The number of anilines is 1. The Morgan fingerprint density at radius 1 is 1.53 bits per heavy atom. The maximum Gasteiger partial charge on any atom is 0.259 e. The minimum absolute atomic E-state index is 0.201. The average Bonchev–Trinajstić information content (AvgIpc) is 2.75. The molecule has 0 saturated carbocycles. The van der Waals surface area contributed by atoms with Gasteiger partial charge in [0.25, 0.3) is 5.91 Å². The maximum absolute atomic E-state index is 12.2. The van der Waals surface area contributed by atoms with Gasteiger partial charge in [0.2, 0.25) is 0 Å². The van der Waals surface area contributed by atoms with Crippen LogP contribution in [0.25, 0.3) is 0 Å². The van der Waals surface area contributed by atoms with E-state index in [1.54, 1.807) is 23.7 Å². The molecule has 1 aliphatic rings. The second-order valence-corrected chi connectivity index (χ2v) is 5.64. The molecule has 0 radical (unpaired) electrons. The van der Waals surface area contributed by atoms with E-state index in [4.69, 9.17) is 0 Å². The Bertz CT molecular complexity index is 427. The minimum atomic E-state index is -1.18. The van der Waals surface area contributed by atoms with Crippen LogP contribution < -0.4 is 4.90 Å². The van der Waals surface area contributed by atoms with Gasteiger partial charge in [-0.1, -0.05) is 12.1 Å². The first-order valence-electron chi connectivity index (χ1n) is 5.68. The average molecular weight is 251 g/mol. The summed E-state index contributed by atoms with van der Waals surface area (Å²) in [5, 5.41) is 10.2. The Morgan fingerprint density at radius 2 is 2.29 bits per heavy atom. The first-order chi connectivity index (χ1) is 8.03. The molecule has 0 bridgehead atoms. The molecule has 1 amide bonds. The molecule has 1 heterocycles. The second kappa shape index (κ2) is 4.70. The normalized spacial score (nSPS) is 23.7. The maximum atomic E-state index is 12.2. The van der Waals surface area contributed by atoms with Gasteiger partial charge in [0.05, 0.1) is 0 Å². The lowest BCUT2D eigenvalue weighted by Crippen LogP contribution is -2.47. The highest BCUT2D eigenvalue weighted by atomic mass is 32.2. The molecular weight excluding hydrogens is 234 g/mol. The fourth-order valence-electron chi connectivity index (χ4n) is 1.99. The Labute approximate surface area is 106 Å². The fourth-order valence-corrected chi connectivity index (χ4v) is 3.22. The lowest BCUT2D eigenvalue weighted by atomic mass is 10.0. The van der Waals surface area contributed by atoms with Crippen molar-refractivity contribution in [2.45, 2.75) is 18.9 Å². The third kappa shape index (κ3) is 2.48. The van der Waals surface area contributed by atoms with Crippen LogP contribution in [0, 0.1) is 6.92 Å². The van der Waals surface area contributed by atoms with E-state index in [1.165, 1.54) is 0 Å². The number of carbonyl (C=O) groups is 1. The number of likely N-dealkylation sites (N-methyl/N-ethyl adjacent to an activating group) is 1. The molecule has 0 aliphatic carbocycles. The summed E-state index contributed by atoms with van der Waals surface area (Å²) in [5.41, 5.74) is 0.763. The molecule has 0 aromatic heterocycles. The van der Waals surface area contributed by atoms with Crippen LogP contribution in [-0.4, -0.2) is 35.2 Å². The van der Waals surface area contributed by atoms with Crippen molar-refractivity contribution in [1.82, 2.24) is 0 Å². The topological polar surface area (TPSA) is 40.5 Å². The highest BCUT2D eigenvalue weighted by molar-refractivity contribution is 7.99. The van der Waals surface area contributed by atoms with Gasteiger partial charge in [0.15, 0.2) is 5.60 Å². The molecule has 1 atom stereocenters. The number of hydrogen-bond donors (Lipinski definition) is 1. The number of benzene rings is 1. The molecule has 17 heavy (non-hydrogen) atoms. The van der Waals surface area contributed by atoms with Crippen LogP contribution in [0.3, 0.4) is 0 Å². The van der Waals surface area contributed by atoms with Crippen molar-refractivity contribution in [3.63, 3.8) is 0 Å². The summed E-state index contributed by atoms with van der Waals surface area (Å²) in [6.07, 6.45) is 0.548. The first-order valence-corrected chi connectivity index (χ1v) is 6.83. The van der Waals surface area contributed by atoms with Crippen LogP contribution in [-0.2, 0) is 4.79 Å². The first kappa shape index (κ1) is 12.5. The Morgan fingerprint density at radius 3 is 2.88 bits per heavy atom. The highest BCUT2D eigenvalue weighted by Gasteiger charge is 2.41. The number of aliphatic hydroxyl groups is 1. The summed E-state index contributed by atoms with van der Waals surface area (Å²) < 4.78 is 0. The smallest absolute Gasteiger partial charge is 0.259 e. The van der Waals surface area contributed by atoms with Gasteiger partial charge in [0.1, 0.15) is 0 Å². The van der Waals surface area contributed by atoms with E-state index >= 15 is 0 Å². The number of rotatable bonds is 2. The molecule has 1 aromatic rings. The van der Waals surface area contributed by atoms with Gasteiger partial charge in [-0.2, -0.15) is 11.8 Å². The van der Waals surface area contributed by atoms with Crippen LogP contribution in [0.1, 0.15) is 12.0 Å². The van der Waals surface area contributed by atoms with Crippen LogP contribution in [0.15, 0.2) is 24.3 Å². The predicted molar refractivity (Wildman–Crippen MR) is 71.5 cm³/mol. The van der Waals surface area contributed by atoms with Crippen molar-refractivity contribution in [1.29, 1.82) is 0 Å². The molecule has 1 N–H and O–H groups in total. The van der Waals surface area contributed by atoms with Crippen molar-refractivity contribution in [3.05, 3.63) is 29.8 Å². The molecule has 92 valence electrons. The fraction of sp³-hybridized carbons (Fsp3) is 0.462. The van der Waals surface area contributed by atoms with E-state index in [0.717, 1.165) is 17.0 Å². The SMILES string of the molecule is Cc1cccc(N(C)C(=O)C2(O)CCSC2)c1. The van der Waals surface area contributed by atoms with E-state index in [-0.39, 0.29) is 5.91 Å². The largest absolute Gasteiger partial charge is 0.379 e. The number of carbonyl (C=O) groups excluding carboxylic acids is 1. The highest BCUT2D eigenvalue weighted by Crippen LogP contribution is 2.30. The van der Waals surface area contributed by atoms with E-state index in [2.05, 4.69) is 0 Å². The standard InChI is InChI=1S/C13H17NO2S/c1-10-4-3-5-11(8-10)14(2)12(15)13(16)6-7-17-9-13/h3-5,8,16H,6-7,9H2,1-2H3. The van der Waals surface area contributed by atoms with Gasteiger partial charge in [-0.3, -0.25) is 4.79 Å². The Hall–Kier alpha value is -1.00. The summed E-state index contributed by atoms with van der Waals surface area (Å²) in [7, 11) is 1.72. The van der Waals surface area contributed by atoms with E-state index < -0.39 is 5.60 Å². The number of thioether (sulfide) groups is 1. The third-order valence-corrected chi connectivity index (χ3v) is 4.27. The van der Waals surface area contributed by atoms with Crippen molar-refractivity contribution >= 4 is 23.4 Å². The van der Waals surface area contributed by atoms with E-state index in [1.807, 2.05) is 31.2 Å². The molecule has 1 unspecified atom stereocenters. The molecule has 1 saturated heterocycles. The van der Waals surface area contributed by atoms with Crippen molar-refractivity contribution in [3.8, 4) is 0 Å². The summed E-state index contributed by atoms with van der Waals surface area (Å²) in [5.74, 6) is 1.15. The summed E-state index contributed by atoms with van der Waals surface area (Å²) in [6, 6.07) is 7.74. The third-order valence-electron chi connectivity index (χ3n) is 3.09. The number of nitrogens with zero attached hydrogens (tertiary/aromatic N) is 1. The van der Waals surface area contributed by atoms with Gasteiger partial charge >= 0.3 is 0 Å². The van der Waals surface area contributed by atoms with Gasteiger partial charge in [-0.05, 0) is 36.8 Å². The quantitative estimate of drug-likeness (QED) is 0.871. The lowest BCUT2D eigenvalue weighted by Gasteiger charge is -2.27. The van der Waals surface area contributed by atoms with Gasteiger partial charge < -0.3 is 10.0 Å². The zero-order valence-corrected chi connectivity index (χ0v) is 11.0. The Balaban J connectivity index is 2.20. The molecule has 1 aromatic carbocycles. The number of aryl methyl sites for hydroxylation is 1. The molecule has 4 heteroatoms.